The van der Waals surface area contributed by atoms with E-state index in [1.807, 2.05) is 0 Å². The lowest BCUT2D eigenvalue weighted by Crippen LogP contribution is -2.53. The minimum absolute atomic E-state index is 0.151. The summed E-state index contributed by atoms with van der Waals surface area (Å²) in [5, 5.41) is 0. The molecule has 0 aromatic heterocycles. The van der Waals surface area contributed by atoms with E-state index in [0.717, 1.165) is 32.5 Å². The van der Waals surface area contributed by atoms with Gasteiger partial charge in [0.25, 0.3) is 0 Å². The second-order valence-electron chi connectivity index (χ2n) is 5.48. The molecule has 0 aliphatic heterocycles. The molecule has 1 aromatic carbocycles. The lowest BCUT2D eigenvalue weighted by atomic mass is 9.89. The molecule has 0 amide bonds. The summed E-state index contributed by atoms with van der Waals surface area (Å²) in [6.45, 7) is 11.8. The summed E-state index contributed by atoms with van der Waals surface area (Å²) in [6.07, 6.45) is 3.41. The second-order valence-corrected chi connectivity index (χ2v) is 5.48. The number of hydrogen-bond acceptors (Lipinski definition) is 2. The molecule has 0 radical (unpaired) electrons. The fourth-order valence-electron chi connectivity index (χ4n) is 2.86. The highest BCUT2D eigenvalue weighted by atomic mass is 15.2. The fourth-order valence-corrected chi connectivity index (χ4v) is 2.86. The van der Waals surface area contributed by atoms with Crippen LogP contribution >= 0.6 is 0 Å². The van der Waals surface area contributed by atoms with Gasteiger partial charge < -0.3 is 5.73 Å². The Kier molecular flexibility index (Phi) is 6.53. The largest absolute Gasteiger partial charge is 0.329 e. The van der Waals surface area contributed by atoms with Crippen LogP contribution in [0.15, 0.2) is 24.3 Å². The van der Waals surface area contributed by atoms with Gasteiger partial charge in [0.05, 0.1) is 0 Å². The summed E-state index contributed by atoms with van der Waals surface area (Å²) in [6, 6.07) is 8.68. The molecule has 0 fully saturated rings. The van der Waals surface area contributed by atoms with Crippen molar-refractivity contribution in [1.82, 2.24) is 4.90 Å². The average Bonchev–Trinajstić information content (AvgIpc) is 2.44. The van der Waals surface area contributed by atoms with Crippen molar-refractivity contribution in [3.63, 3.8) is 0 Å². The van der Waals surface area contributed by atoms with E-state index in [1.165, 1.54) is 17.5 Å². The van der Waals surface area contributed by atoms with E-state index in [9.17, 15) is 0 Å². The summed E-state index contributed by atoms with van der Waals surface area (Å²) in [7, 11) is 0. The molecule has 0 aliphatic rings. The first-order valence-electron chi connectivity index (χ1n) is 7.63. The van der Waals surface area contributed by atoms with E-state index < -0.39 is 0 Å². The zero-order valence-electron chi connectivity index (χ0n) is 13.1. The van der Waals surface area contributed by atoms with Gasteiger partial charge in [-0.05, 0) is 43.9 Å². The van der Waals surface area contributed by atoms with Gasteiger partial charge in [-0.3, -0.25) is 4.90 Å². The molecular weight excluding hydrogens is 232 g/mol. The van der Waals surface area contributed by atoms with Gasteiger partial charge in [0, 0.05) is 18.6 Å². The number of nitrogens with two attached hydrogens (primary N) is 1. The third-order valence-corrected chi connectivity index (χ3v) is 4.48. The number of benzene rings is 1. The Balaban J connectivity index is 2.97. The zero-order chi connectivity index (χ0) is 14.3. The Morgan fingerprint density at radius 1 is 1.11 bits per heavy atom. The Morgan fingerprint density at radius 3 is 2.21 bits per heavy atom. The van der Waals surface area contributed by atoms with Crippen molar-refractivity contribution in [1.29, 1.82) is 0 Å². The highest BCUT2D eigenvalue weighted by Gasteiger charge is 2.31. The van der Waals surface area contributed by atoms with Crippen LogP contribution in [0, 0.1) is 6.92 Å². The SMILES string of the molecule is CCCN(Cc1ccccc1C)C(CC)(CC)CN. The maximum atomic E-state index is 6.11. The first-order chi connectivity index (χ1) is 9.13. The van der Waals surface area contributed by atoms with Crippen LogP contribution in [0.2, 0.25) is 0 Å². The maximum absolute atomic E-state index is 6.11. The molecule has 0 aliphatic carbocycles. The lowest BCUT2D eigenvalue weighted by molar-refractivity contribution is 0.0764. The zero-order valence-corrected chi connectivity index (χ0v) is 13.1. The van der Waals surface area contributed by atoms with Crippen molar-refractivity contribution < 1.29 is 0 Å². The van der Waals surface area contributed by atoms with Crippen LogP contribution in [0.25, 0.3) is 0 Å². The molecule has 0 bridgehead atoms. The summed E-state index contributed by atoms with van der Waals surface area (Å²) in [4.78, 5) is 2.59. The van der Waals surface area contributed by atoms with Crippen LogP contribution in [0.1, 0.15) is 51.2 Å². The Bertz CT molecular complexity index is 361. The van der Waals surface area contributed by atoms with E-state index in [-0.39, 0.29) is 5.54 Å². The Labute approximate surface area is 119 Å². The van der Waals surface area contributed by atoms with Gasteiger partial charge in [-0.25, -0.2) is 0 Å². The van der Waals surface area contributed by atoms with Gasteiger partial charge in [0.1, 0.15) is 0 Å². The van der Waals surface area contributed by atoms with Crippen molar-refractivity contribution >= 4 is 0 Å². The minimum atomic E-state index is 0.151. The van der Waals surface area contributed by atoms with E-state index in [4.69, 9.17) is 5.73 Å². The maximum Gasteiger partial charge on any atom is 0.0330 e. The fraction of sp³-hybridized carbons (Fsp3) is 0.647. The molecule has 0 saturated carbocycles. The first kappa shape index (κ1) is 16.2. The number of nitrogens with zero attached hydrogens (tertiary/aromatic N) is 1. The normalized spacial score (nSPS) is 12.1. The standard InChI is InChI=1S/C17H30N2/c1-5-12-19(17(6-2,7-3)14-18)13-16-11-9-8-10-15(16)4/h8-11H,5-7,12-14,18H2,1-4H3. The smallest absolute Gasteiger partial charge is 0.0330 e. The third kappa shape index (κ3) is 3.80. The topological polar surface area (TPSA) is 29.3 Å². The molecule has 0 saturated heterocycles. The van der Waals surface area contributed by atoms with Crippen LogP contribution in [0.4, 0.5) is 0 Å². The van der Waals surface area contributed by atoms with E-state index >= 15 is 0 Å². The molecule has 1 rings (SSSR count). The molecule has 2 heteroatoms. The molecule has 0 heterocycles. The highest BCUT2D eigenvalue weighted by Crippen LogP contribution is 2.26. The molecule has 19 heavy (non-hydrogen) atoms. The molecule has 2 nitrogen and oxygen atoms in total. The minimum Gasteiger partial charge on any atom is -0.329 e. The number of rotatable bonds is 8. The van der Waals surface area contributed by atoms with Crippen molar-refractivity contribution in [3.8, 4) is 0 Å². The quantitative estimate of drug-likeness (QED) is 0.773. The van der Waals surface area contributed by atoms with Crippen molar-refractivity contribution in [2.24, 2.45) is 5.73 Å². The van der Waals surface area contributed by atoms with Crippen LogP contribution in [-0.4, -0.2) is 23.5 Å². The average molecular weight is 262 g/mol. The third-order valence-electron chi connectivity index (χ3n) is 4.48. The summed E-state index contributed by atoms with van der Waals surface area (Å²) >= 11 is 0. The first-order valence-corrected chi connectivity index (χ1v) is 7.63. The van der Waals surface area contributed by atoms with Gasteiger partial charge in [0.2, 0.25) is 0 Å². The van der Waals surface area contributed by atoms with Gasteiger partial charge in [0.15, 0.2) is 0 Å². The van der Waals surface area contributed by atoms with Crippen LogP contribution in [0.5, 0.6) is 0 Å². The van der Waals surface area contributed by atoms with Gasteiger partial charge >= 0.3 is 0 Å². The van der Waals surface area contributed by atoms with Crippen LogP contribution in [-0.2, 0) is 6.54 Å². The lowest BCUT2D eigenvalue weighted by Gasteiger charge is -2.43. The predicted octanol–water partition coefficient (Wildman–Crippen LogP) is 3.72. The Hall–Kier alpha value is -0.860. The van der Waals surface area contributed by atoms with Crippen LogP contribution in [0.3, 0.4) is 0 Å². The van der Waals surface area contributed by atoms with Gasteiger partial charge in [-0.2, -0.15) is 0 Å². The van der Waals surface area contributed by atoms with Crippen LogP contribution < -0.4 is 5.73 Å². The van der Waals surface area contributed by atoms with Gasteiger partial charge in [-0.15, -0.1) is 0 Å². The molecule has 0 spiro atoms. The molecule has 2 N–H and O–H groups in total. The van der Waals surface area contributed by atoms with Crippen molar-refractivity contribution in [3.05, 3.63) is 35.4 Å². The molecule has 0 atom stereocenters. The summed E-state index contributed by atoms with van der Waals surface area (Å²) in [5.41, 5.74) is 9.06. The molecule has 0 unspecified atom stereocenters. The summed E-state index contributed by atoms with van der Waals surface area (Å²) in [5.74, 6) is 0. The number of aryl methyl sites for hydroxylation is 1. The van der Waals surface area contributed by atoms with E-state index in [2.05, 4.69) is 56.9 Å². The molecule has 1 aromatic rings. The van der Waals surface area contributed by atoms with Crippen molar-refractivity contribution in [2.75, 3.05) is 13.1 Å². The molecule has 108 valence electrons. The highest BCUT2D eigenvalue weighted by molar-refractivity contribution is 5.25. The predicted molar refractivity (Wildman–Crippen MR) is 84.2 cm³/mol. The van der Waals surface area contributed by atoms with E-state index in [1.54, 1.807) is 0 Å². The monoisotopic (exact) mass is 262 g/mol. The van der Waals surface area contributed by atoms with Gasteiger partial charge in [-0.1, -0.05) is 45.0 Å². The Morgan fingerprint density at radius 2 is 1.74 bits per heavy atom. The van der Waals surface area contributed by atoms with Crippen molar-refractivity contribution in [2.45, 2.75) is 59.0 Å². The van der Waals surface area contributed by atoms with E-state index in [0.29, 0.717) is 0 Å². The summed E-state index contributed by atoms with van der Waals surface area (Å²) < 4.78 is 0. The number of hydrogen-bond donors (Lipinski definition) is 1. The molecular formula is C17H30N2. The second kappa shape index (κ2) is 7.66.